The largest absolute Gasteiger partial charge is 0.497 e. The second kappa shape index (κ2) is 9.93. The average molecular weight is 467 g/mol. The van der Waals surface area contributed by atoms with Gasteiger partial charge in [-0.2, -0.15) is 4.31 Å². The fourth-order valence-corrected chi connectivity index (χ4v) is 5.89. The Kier molecular flexibility index (Phi) is 7.00. The summed E-state index contributed by atoms with van der Waals surface area (Å²) in [7, 11) is -1.96. The van der Waals surface area contributed by atoms with Crippen LogP contribution in [0.15, 0.2) is 71.6 Å². The molecule has 1 fully saturated rings. The topological polar surface area (TPSA) is 75.7 Å². The predicted octanol–water partition coefficient (Wildman–Crippen LogP) is 4.52. The van der Waals surface area contributed by atoms with Crippen LogP contribution in [0, 0.1) is 5.92 Å². The molecule has 0 aliphatic carbocycles. The van der Waals surface area contributed by atoms with Gasteiger partial charge in [0.05, 0.1) is 18.0 Å². The molecule has 1 amide bonds. The van der Waals surface area contributed by atoms with E-state index in [9.17, 15) is 13.2 Å². The van der Waals surface area contributed by atoms with E-state index in [4.69, 9.17) is 4.74 Å². The van der Waals surface area contributed by atoms with E-state index in [1.54, 1.807) is 19.2 Å². The highest BCUT2D eigenvalue weighted by Crippen LogP contribution is 2.27. The minimum Gasteiger partial charge on any atom is -0.497 e. The second-order valence-corrected chi connectivity index (χ2v) is 10.4. The fraction of sp³-hybridized carbons (Fsp3) is 0.346. The number of hydrogen-bond acceptors (Lipinski definition) is 4. The lowest BCUT2D eigenvalue weighted by molar-refractivity contribution is -0.126. The normalized spacial score (nSPS) is 16.4. The van der Waals surface area contributed by atoms with Gasteiger partial charge in [0.15, 0.2) is 0 Å². The molecule has 33 heavy (non-hydrogen) atoms. The zero-order chi connectivity index (χ0) is 23.4. The highest BCUT2D eigenvalue weighted by molar-refractivity contribution is 7.89. The molecule has 1 aliphatic rings. The summed E-state index contributed by atoms with van der Waals surface area (Å²) in [5.74, 6) is 0.570. The van der Waals surface area contributed by atoms with Crippen molar-refractivity contribution in [3.8, 4) is 5.75 Å². The minimum atomic E-state index is -3.59. The number of piperidine rings is 1. The summed E-state index contributed by atoms with van der Waals surface area (Å²) < 4.78 is 33.1. The summed E-state index contributed by atoms with van der Waals surface area (Å²) >= 11 is 0. The Morgan fingerprint density at radius 2 is 1.70 bits per heavy atom. The molecular weight excluding hydrogens is 436 g/mol. The maximum atomic E-state index is 13.2. The SMILES string of the molecule is CCC(NC(=O)C1CCN(S(=O)(=O)c2ccc3ccccc3c2)CC1)c1ccc(OC)cc1. The van der Waals surface area contributed by atoms with Gasteiger partial charge >= 0.3 is 0 Å². The molecule has 174 valence electrons. The molecule has 0 spiro atoms. The molecule has 1 atom stereocenters. The van der Waals surface area contributed by atoms with Crippen molar-refractivity contribution in [3.63, 3.8) is 0 Å². The van der Waals surface area contributed by atoms with Gasteiger partial charge in [0.25, 0.3) is 0 Å². The van der Waals surface area contributed by atoms with Gasteiger partial charge in [-0.05, 0) is 59.9 Å². The molecule has 0 radical (unpaired) electrons. The number of fused-ring (bicyclic) bond motifs is 1. The van der Waals surface area contributed by atoms with Crippen LogP contribution < -0.4 is 10.1 Å². The quantitative estimate of drug-likeness (QED) is 0.556. The van der Waals surface area contributed by atoms with Gasteiger partial charge in [0.2, 0.25) is 15.9 Å². The Bertz CT molecular complexity index is 1220. The van der Waals surface area contributed by atoms with Crippen molar-refractivity contribution in [2.45, 2.75) is 37.1 Å². The Morgan fingerprint density at radius 1 is 1.03 bits per heavy atom. The number of carbonyl (C=O) groups excluding carboxylic acids is 1. The summed E-state index contributed by atoms with van der Waals surface area (Å²) in [5.41, 5.74) is 1.03. The van der Waals surface area contributed by atoms with E-state index in [0.717, 1.165) is 28.5 Å². The molecule has 4 rings (SSSR count). The first-order valence-corrected chi connectivity index (χ1v) is 12.8. The third-order valence-electron chi connectivity index (χ3n) is 6.43. The lowest BCUT2D eigenvalue weighted by Crippen LogP contribution is -2.43. The summed E-state index contributed by atoms with van der Waals surface area (Å²) in [5, 5.41) is 5.06. The first-order chi connectivity index (χ1) is 15.9. The molecule has 1 aliphatic heterocycles. The van der Waals surface area contributed by atoms with E-state index in [-0.39, 0.29) is 17.9 Å². The molecule has 3 aromatic rings. The van der Waals surface area contributed by atoms with Crippen molar-refractivity contribution in [3.05, 3.63) is 72.3 Å². The van der Waals surface area contributed by atoms with Crippen molar-refractivity contribution in [2.24, 2.45) is 5.92 Å². The third kappa shape index (κ3) is 5.04. The van der Waals surface area contributed by atoms with Gasteiger partial charge < -0.3 is 10.1 Å². The Balaban J connectivity index is 1.39. The molecule has 1 unspecified atom stereocenters. The number of benzene rings is 3. The van der Waals surface area contributed by atoms with Crippen LogP contribution in [-0.4, -0.2) is 38.8 Å². The maximum Gasteiger partial charge on any atom is 0.243 e. The van der Waals surface area contributed by atoms with Gasteiger partial charge in [-0.25, -0.2) is 8.42 Å². The van der Waals surface area contributed by atoms with Crippen molar-refractivity contribution in [1.29, 1.82) is 0 Å². The molecule has 0 aromatic heterocycles. The van der Waals surface area contributed by atoms with E-state index in [1.165, 1.54) is 4.31 Å². The Morgan fingerprint density at radius 3 is 2.33 bits per heavy atom. The number of carbonyl (C=O) groups is 1. The highest BCUT2D eigenvalue weighted by atomic mass is 32.2. The smallest absolute Gasteiger partial charge is 0.243 e. The van der Waals surface area contributed by atoms with Crippen LogP contribution in [-0.2, 0) is 14.8 Å². The first kappa shape index (κ1) is 23.3. The first-order valence-electron chi connectivity index (χ1n) is 11.4. The number of sulfonamides is 1. The number of methoxy groups -OCH3 is 1. The Labute approximate surface area is 195 Å². The van der Waals surface area contributed by atoms with Crippen LogP contribution in [0.3, 0.4) is 0 Å². The summed E-state index contributed by atoms with van der Waals surface area (Å²) in [6, 6.07) is 20.6. The molecule has 1 heterocycles. The summed E-state index contributed by atoms with van der Waals surface area (Å²) in [6.45, 7) is 2.72. The van der Waals surface area contributed by atoms with Crippen LogP contribution in [0.4, 0.5) is 0 Å². The zero-order valence-electron chi connectivity index (χ0n) is 19.0. The van der Waals surface area contributed by atoms with Crippen LogP contribution in [0.2, 0.25) is 0 Å². The van der Waals surface area contributed by atoms with Crippen LogP contribution in [0.1, 0.15) is 37.8 Å². The Hall–Kier alpha value is -2.90. The molecule has 0 saturated carbocycles. The van der Waals surface area contributed by atoms with Crippen LogP contribution in [0.25, 0.3) is 10.8 Å². The minimum absolute atomic E-state index is 0.0135. The molecule has 1 N–H and O–H groups in total. The van der Waals surface area contributed by atoms with Gasteiger partial charge in [0, 0.05) is 19.0 Å². The standard InChI is InChI=1S/C26H30N2O4S/c1-3-25(20-8-11-23(32-2)12-9-20)27-26(29)21-14-16-28(17-15-21)33(30,31)24-13-10-19-6-4-5-7-22(19)18-24/h4-13,18,21,25H,3,14-17H2,1-2H3,(H,27,29). The number of rotatable bonds is 7. The fourth-order valence-electron chi connectivity index (χ4n) is 4.38. The lowest BCUT2D eigenvalue weighted by Gasteiger charge is -2.31. The van der Waals surface area contributed by atoms with Gasteiger partial charge in [-0.1, -0.05) is 49.4 Å². The van der Waals surface area contributed by atoms with Gasteiger partial charge in [-0.3, -0.25) is 4.79 Å². The van der Waals surface area contributed by atoms with Crippen molar-refractivity contribution in [1.82, 2.24) is 9.62 Å². The van der Waals surface area contributed by atoms with Crippen molar-refractivity contribution in [2.75, 3.05) is 20.2 Å². The number of hydrogen-bond donors (Lipinski definition) is 1. The van der Waals surface area contributed by atoms with Crippen molar-refractivity contribution < 1.29 is 17.9 Å². The maximum absolute atomic E-state index is 13.2. The number of ether oxygens (including phenoxy) is 1. The predicted molar refractivity (Wildman–Crippen MR) is 130 cm³/mol. The molecule has 0 bridgehead atoms. The highest BCUT2D eigenvalue weighted by Gasteiger charge is 2.32. The molecule has 7 heteroatoms. The van der Waals surface area contributed by atoms with Crippen LogP contribution in [0.5, 0.6) is 5.75 Å². The van der Waals surface area contributed by atoms with Gasteiger partial charge in [0.1, 0.15) is 5.75 Å². The monoisotopic (exact) mass is 466 g/mol. The van der Waals surface area contributed by atoms with Crippen LogP contribution >= 0.6 is 0 Å². The summed E-state index contributed by atoms with van der Waals surface area (Å²) in [4.78, 5) is 13.2. The zero-order valence-corrected chi connectivity index (χ0v) is 19.8. The van der Waals surface area contributed by atoms with Crippen molar-refractivity contribution >= 4 is 26.7 Å². The molecule has 6 nitrogen and oxygen atoms in total. The molecular formula is C26H30N2O4S. The third-order valence-corrected chi connectivity index (χ3v) is 8.32. The number of amides is 1. The number of nitrogens with one attached hydrogen (secondary N) is 1. The van der Waals surface area contributed by atoms with E-state index in [1.807, 2.05) is 61.5 Å². The average Bonchev–Trinajstić information content (AvgIpc) is 2.87. The van der Waals surface area contributed by atoms with Gasteiger partial charge in [-0.15, -0.1) is 0 Å². The van der Waals surface area contributed by atoms with E-state index >= 15 is 0 Å². The molecule has 3 aromatic carbocycles. The van der Waals surface area contributed by atoms with E-state index < -0.39 is 10.0 Å². The van der Waals surface area contributed by atoms with E-state index in [2.05, 4.69) is 5.32 Å². The number of nitrogens with zero attached hydrogens (tertiary/aromatic N) is 1. The summed E-state index contributed by atoms with van der Waals surface area (Å²) in [6.07, 6.45) is 1.79. The van der Waals surface area contributed by atoms with E-state index in [0.29, 0.717) is 30.8 Å². The second-order valence-electron chi connectivity index (χ2n) is 8.43. The lowest BCUT2D eigenvalue weighted by atomic mass is 9.95. The molecule has 1 saturated heterocycles.